The van der Waals surface area contributed by atoms with Crippen LogP contribution in [0.1, 0.15) is 11.1 Å². The molecule has 26 heavy (non-hydrogen) atoms. The van der Waals surface area contributed by atoms with Gasteiger partial charge in [-0.2, -0.15) is 0 Å². The third-order valence-electron chi connectivity index (χ3n) is 3.38. The Morgan fingerprint density at radius 3 is 2.42 bits per heavy atom. The molecular formula is C16H14ClN3O6. The molecule has 0 saturated carbocycles. The first-order chi connectivity index (χ1) is 12.2. The number of carbonyl (C=O) groups is 1. The lowest BCUT2D eigenvalue weighted by Gasteiger charge is -2.11. The average molecular weight is 380 g/mol. The Kier molecular flexibility index (Phi) is 5.73. The number of hydrogen-bond acceptors (Lipinski definition) is 6. The lowest BCUT2D eigenvalue weighted by Crippen LogP contribution is -2.21. The summed E-state index contributed by atoms with van der Waals surface area (Å²) in [6.07, 6.45) is 0. The number of anilines is 1. The molecule has 0 spiro atoms. The zero-order chi connectivity index (χ0) is 19.4. The second kappa shape index (κ2) is 7.79. The Balaban J connectivity index is 2.11. The number of hydrogen-bond donors (Lipinski definition) is 1. The molecule has 0 fully saturated rings. The Morgan fingerprint density at radius 2 is 1.85 bits per heavy atom. The molecule has 2 aromatic rings. The molecule has 0 atom stereocenters. The van der Waals surface area contributed by atoms with E-state index in [9.17, 15) is 25.0 Å². The van der Waals surface area contributed by atoms with Crippen LogP contribution >= 0.6 is 11.6 Å². The predicted octanol–water partition coefficient (Wildman–Crippen LogP) is 3.79. The van der Waals surface area contributed by atoms with E-state index in [1.165, 1.54) is 18.2 Å². The van der Waals surface area contributed by atoms with E-state index in [0.29, 0.717) is 11.1 Å². The van der Waals surface area contributed by atoms with Gasteiger partial charge in [-0.05, 0) is 31.0 Å². The van der Waals surface area contributed by atoms with Crippen LogP contribution in [0.5, 0.6) is 5.75 Å². The lowest BCUT2D eigenvalue weighted by molar-refractivity contribution is -0.385. The monoisotopic (exact) mass is 379 g/mol. The molecule has 0 aliphatic rings. The molecule has 10 heteroatoms. The van der Waals surface area contributed by atoms with Gasteiger partial charge in [0.05, 0.1) is 20.6 Å². The van der Waals surface area contributed by atoms with Crippen molar-refractivity contribution in [1.82, 2.24) is 0 Å². The number of nitrogens with one attached hydrogen (secondary N) is 1. The van der Waals surface area contributed by atoms with E-state index in [-0.39, 0.29) is 27.8 Å². The summed E-state index contributed by atoms with van der Waals surface area (Å²) < 4.78 is 5.32. The molecule has 0 radical (unpaired) electrons. The van der Waals surface area contributed by atoms with Crippen molar-refractivity contribution in [2.45, 2.75) is 13.8 Å². The Labute approximate surface area is 152 Å². The van der Waals surface area contributed by atoms with Crippen molar-refractivity contribution in [1.29, 1.82) is 0 Å². The fraction of sp³-hybridized carbons (Fsp3) is 0.188. The van der Waals surface area contributed by atoms with E-state index in [2.05, 4.69) is 5.32 Å². The number of benzene rings is 2. The number of non-ortho nitro benzene ring substituents is 1. The number of nitro groups is 2. The molecule has 0 unspecified atom stereocenters. The van der Waals surface area contributed by atoms with Crippen LogP contribution in [0.3, 0.4) is 0 Å². The second-order valence-electron chi connectivity index (χ2n) is 5.45. The van der Waals surface area contributed by atoms with Crippen LogP contribution in [0.4, 0.5) is 17.1 Å². The minimum absolute atomic E-state index is 0.00514. The Bertz CT molecular complexity index is 900. The van der Waals surface area contributed by atoms with E-state index >= 15 is 0 Å². The van der Waals surface area contributed by atoms with Crippen LogP contribution in [0, 0.1) is 34.1 Å². The molecule has 0 aliphatic carbocycles. The van der Waals surface area contributed by atoms with Crippen LogP contribution in [-0.2, 0) is 4.79 Å². The summed E-state index contributed by atoms with van der Waals surface area (Å²) in [6.45, 7) is 2.87. The maximum absolute atomic E-state index is 12.0. The fourth-order valence-corrected chi connectivity index (χ4v) is 2.52. The highest BCUT2D eigenvalue weighted by molar-refractivity contribution is 6.34. The molecule has 0 saturated heterocycles. The normalized spacial score (nSPS) is 10.3. The zero-order valence-electron chi connectivity index (χ0n) is 13.8. The average Bonchev–Trinajstić information content (AvgIpc) is 2.54. The zero-order valence-corrected chi connectivity index (χ0v) is 14.6. The molecule has 2 rings (SSSR count). The van der Waals surface area contributed by atoms with Gasteiger partial charge in [-0.15, -0.1) is 0 Å². The highest BCUT2D eigenvalue weighted by Crippen LogP contribution is 2.32. The summed E-state index contributed by atoms with van der Waals surface area (Å²) in [5.41, 5.74) is 0.946. The molecule has 0 bridgehead atoms. The van der Waals surface area contributed by atoms with Crippen molar-refractivity contribution in [3.63, 3.8) is 0 Å². The van der Waals surface area contributed by atoms with Crippen molar-refractivity contribution in [3.05, 3.63) is 66.7 Å². The van der Waals surface area contributed by atoms with Gasteiger partial charge in [0.15, 0.2) is 6.61 Å². The molecule has 136 valence electrons. The van der Waals surface area contributed by atoms with Gasteiger partial charge in [0.25, 0.3) is 11.6 Å². The van der Waals surface area contributed by atoms with Crippen molar-refractivity contribution in [2.75, 3.05) is 11.9 Å². The van der Waals surface area contributed by atoms with E-state index < -0.39 is 22.4 Å². The third-order valence-corrected chi connectivity index (χ3v) is 3.69. The van der Waals surface area contributed by atoms with Gasteiger partial charge in [-0.3, -0.25) is 25.0 Å². The predicted molar refractivity (Wildman–Crippen MR) is 94.8 cm³/mol. The van der Waals surface area contributed by atoms with Crippen LogP contribution in [-0.4, -0.2) is 22.4 Å². The number of amides is 1. The van der Waals surface area contributed by atoms with Crippen molar-refractivity contribution < 1.29 is 19.4 Å². The lowest BCUT2D eigenvalue weighted by atomic mass is 10.1. The van der Waals surface area contributed by atoms with Gasteiger partial charge in [0.2, 0.25) is 5.75 Å². The topological polar surface area (TPSA) is 125 Å². The number of carbonyl (C=O) groups excluding carboxylic acids is 1. The summed E-state index contributed by atoms with van der Waals surface area (Å²) >= 11 is 5.89. The maximum Gasteiger partial charge on any atom is 0.311 e. The molecular weight excluding hydrogens is 366 g/mol. The molecule has 0 heterocycles. The number of aryl methyl sites for hydroxylation is 2. The van der Waals surface area contributed by atoms with Crippen LogP contribution < -0.4 is 10.1 Å². The largest absolute Gasteiger partial charge is 0.477 e. The number of ether oxygens (including phenoxy) is 1. The smallest absolute Gasteiger partial charge is 0.311 e. The number of nitro benzene ring substituents is 2. The van der Waals surface area contributed by atoms with Gasteiger partial charge < -0.3 is 10.1 Å². The van der Waals surface area contributed by atoms with E-state index in [4.69, 9.17) is 16.3 Å². The Morgan fingerprint density at radius 1 is 1.15 bits per heavy atom. The van der Waals surface area contributed by atoms with Crippen molar-refractivity contribution in [3.8, 4) is 5.75 Å². The van der Waals surface area contributed by atoms with Gasteiger partial charge in [0.1, 0.15) is 0 Å². The van der Waals surface area contributed by atoms with Gasteiger partial charge in [-0.1, -0.05) is 17.7 Å². The first kappa shape index (κ1) is 19.1. The third kappa shape index (κ3) is 4.45. The minimum Gasteiger partial charge on any atom is -0.477 e. The first-order valence-electron chi connectivity index (χ1n) is 7.31. The Hall–Kier alpha value is -3.20. The van der Waals surface area contributed by atoms with E-state index in [1.54, 1.807) is 19.9 Å². The van der Waals surface area contributed by atoms with Gasteiger partial charge in [0, 0.05) is 18.2 Å². The molecule has 1 N–H and O–H groups in total. The van der Waals surface area contributed by atoms with E-state index in [0.717, 1.165) is 6.07 Å². The minimum atomic E-state index is -0.616. The van der Waals surface area contributed by atoms with Crippen LogP contribution in [0.2, 0.25) is 5.02 Å². The van der Waals surface area contributed by atoms with Gasteiger partial charge >= 0.3 is 5.69 Å². The summed E-state index contributed by atoms with van der Waals surface area (Å²) in [5.74, 6) is -0.611. The molecule has 0 aliphatic heterocycles. The highest BCUT2D eigenvalue weighted by Gasteiger charge is 2.20. The quantitative estimate of drug-likeness (QED) is 0.601. The highest BCUT2D eigenvalue weighted by atomic mass is 35.5. The number of rotatable bonds is 6. The summed E-state index contributed by atoms with van der Waals surface area (Å²) in [5, 5.41) is 24.2. The SMILES string of the molecule is Cc1cc(C)c(OCC(=O)Nc2ccc([N+](=O)[O-])cc2Cl)c([N+](=O)[O-])c1. The van der Waals surface area contributed by atoms with Crippen molar-refractivity contribution in [2.24, 2.45) is 0 Å². The van der Waals surface area contributed by atoms with E-state index in [1.807, 2.05) is 0 Å². The second-order valence-corrected chi connectivity index (χ2v) is 5.85. The number of nitrogens with zero attached hydrogens (tertiary/aromatic N) is 2. The van der Waals surface area contributed by atoms with Crippen LogP contribution in [0.25, 0.3) is 0 Å². The fourth-order valence-electron chi connectivity index (χ4n) is 2.30. The standard InChI is InChI=1S/C16H14ClN3O6/c1-9-5-10(2)16(14(6-9)20(24)25)26-8-15(21)18-13-4-3-11(19(22)23)7-12(13)17/h3-7H,8H2,1-2H3,(H,18,21). The maximum atomic E-state index is 12.0. The first-order valence-corrected chi connectivity index (χ1v) is 7.69. The summed E-state index contributed by atoms with van der Waals surface area (Å²) in [4.78, 5) is 32.6. The summed E-state index contributed by atoms with van der Waals surface area (Å²) in [6, 6.07) is 6.64. The number of halogens is 1. The van der Waals surface area contributed by atoms with Gasteiger partial charge in [-0.25, -0.2) is 0 Å². The molecule has 9 nitrogen and oxygen atoms in total. The molecule has 2 aromatic carbocycles. The molecule has 1 amide bonds. The van der Waals surface area contributed by atoms with Crippen LogP contribution in [0.15, 0.2) is 30.3 Å². The summed E-state index contributed by atoms with van der Waals surface area (Å²) in [7, 11) is 0. The molecule has 0 aromatic heterocycles. The van der Waals surface area contributed by atoms with Crippen molar-refractivity contribution >= 4 is 34.6 Å².